The Morgan fingerprint density at radius 1 is 0.441 bits per heavy atom. The van der Waals surface area contributed by atoms with Crippen LogP contribution in [0.1, 0.15) is 0 Å². The van der Waals surface area contributed by atoms with Crippen LogP contribution in [0.25, 0.3) is 22.9 Å². The van der Waals surface area contributed by atoms with Crippen LogP contribution in [0.2, 0.25) is 0 Å². The molecule has 2 heterocycles. The van der Waals surface area contributed by atoms with Gasteiger partial charge in [-0.25, -0.2) is 8.78 Å². The second-order valence-corrected chi connectivity index (χ2v) is 18.0. The molecule has 0 radical (unpaired) electrons. The minimum Gasteiger partial charge on any atom is -0.449 e. The standard InChI is InChI=1S/C36H28OP2.C13H7F2N4.Cu/c1-5-17-29(18-6-1)38(30-19-7-2-8-20-30)35-27-15-13-25-33(35)37-34-26-14-16-28-36(34)39(31-21-9-3-10-22-31)32-23-11-4-12-24-32;14-8-4-3-5-9(15)11(8)13-17-12(18-19-13)10-6-1-2-7-16-10;/h1-28H;1-7H;/q;-1;+1/p+2. The molecule has 7 aromatic carbocycles. The van der Waals surface area contributed by atoms with E-state index in [9.17, 15) is 8.78 Å². The maximum Gasteiger partial charge on any atom is 1.00 e. The Morgan fingerprint density at radius 2 is 0.847 bits per heavy atom. The zero-order valence-electron chi connectivity index (χ0n) is 31.5. The van der Waals surface area contributed by atoms with Crippen LogP contribution in [0, 0.1) is 11.6 Å². The van der Waals surface area contributed by atoms with E-state index >= 15 is 0 Å². The van der Waals surface area contributed by atoms with Crippen molar-refractivity contribution in [1.82, 2.24) is 20.2 Å². The molecule has 0 aliphatic carbocycles. The largest absolute Gasteiger partial charge is 1.00 e. The van der Waals surface area contributed by atoms with E-state index < -0.39 is 27.5 Å². The van der Waals surface area contributed by atoms with Gasteiger partial charge < -0.3 is 14.8 Å². The van der Waals surface area contributed by atoms with E-state index in [1.54, 1.807) is 24.4 Å². The van der Waals surface area contributed by atoms with Crippen molar-refractivity contribution in [3.63, 3.8) is 0 Å². The van der Waals surface area contributed by atoms with Gasteiger partial charge in [0.2, 0.25) is 0 Å². The maximum atomic E-state index is 13.6. The smallest absolute Gasteiger partial charge is 0.449 e. The molecule has 0 saturated carbocycles. The monoisotopic (exact) mass is 860 g/mol. The van der Waals surface area contributed by atoms with Gasteiger partial charge in [0.15, 0.2) is 11.5 Å². The first-order valence-corrected chi connectivity index (χ1v) is 21.7. The van der Waals surface area contributed by atoms with E-state index in [-0.39, 0.29) is 34.3 Å². The maximum absolute atomic E-state index is 13.6. The van der Waals surface area contributed by atoms with Crippen molar-refractivity contribution >= 4 is 47.7 Å². The van der Waals surface area contributed by atoms with Crippen molar-refractivity contribution in [1.29, 1.82) is 0 Å². The Hall–Kier alpha value is -6.13. The van der Waals surface area contributed by atoms with Gasteiger partial charge in [-0.15, -0.1) is 0 Å². The number of hydrogen-bond donors (Lipinski definition) is 0. The molecule has 0 atom stereocenters. The van der Waals surface area contributed by atoms with Crippen LogP contribution in [0.15, 0.2) is 212 Å². The number of pyridine rings is 1. The summed E-state index contributed by atoms with van der Waals surface area (Å²) in [5.41, 5.74) is 0.218. The Bertz CT molecular complexity index is 2470. The molecule has 9 aromatic rings. The van der Waals surface area contributed by atoms with Gasteiger partial charge >= 0.3 is 17.1 Å². The molecule has 292 valence electrons. The number of hydrogen-bond acceptors (Lipinski definition) is 4. The van der Waals surface area contributed by atoms with Gasteiger partial charge in [-0.05, 0) is 103 Å². The van der Waals surface area contributed by atoms with Crippen molar-refractivity contribution in [2.45, 2.75) is 0 Å². The first-order chi connectivity index (χ1) is 28.6. The third-order valence-corrected chi connectivity index (χ3v) is 14.9. The summed E-state index contributed by atoms with van der Waals surface area (Å²) in [4.78, 5) is 8.06. The number of nitrogens with zero attached hydrogens (tertiary/aromatic N) is 4. The number of benzene rings is 7. The predicted molar refractivity (Wildman–Crippen MR) is 237 cm³/mol. The average molecular weight is 861 g/mol. The van der Waals surface area contributed by atoms with Crippen LogP contribution < -0.4 is 41.7 Å². The Morgan fingerprint density at radius 3 is 1.27 bits per heavy atom. The fourth-order valence-electron chi connectivity index (χ4n) is 6.68. The molecule has 0 unspecified atom stereocenters. The molecule has 0 aliphatic rings. The summed E-state index contributed by atoms with van der Waals surface area (Å²) in [7, 11) is -2.56. The summed E-state index contributed by atoms with van der Waals surface area (Å²) >= 11 is 0. The van der Waals surface area contributed by atoms with E-state index in [2.05, 4.69) is 190 Å². The van der Waals surface area contributed by atoms with Gasteiger partial charge in [0.1, 0.15) is 59.3 Å². The second kappa shape index (κ2) is 20.0. The molecule has 2 aromatic heterocycles. The molecule has 0 aliphatic heterocycles. The number of rotatable bonds is 10. The van der Waals surface area contributed by atoms with Gasteiger partial charge in [-0.2, -0.15) is 0 Å². The van der Waals surface area contributed by atoms with Crippen molar-refractivity contribution in [3.05, 3.63) is 224 Å². The van der Waals surface area contributed by atoms with Crippen LogP contribution in [0.3, 0.4) is 0 Å². The summed E-state index contributed by atoms with van der Waals surface area (Å²) in [6, 6.07) is 69.4. The van der Waals surface area contributed by atoms with Gasteiger partial charge in [0, 0.05) is 6.20 Å². The van der Waals surface area contributed by atoms with Crippen LogP contribution in [-0.2, 0) is 17.1 Å². The minimum atomic E-state index is -1.28. The molecule has 5 nitrogen and oxygen atoms in total. The predicted octanol–water partition coefficient (Wildman–Crippen LogP) is 8.90. The van der Waals surface area contributed by atoms with E-state index in [1.807, 2.05) is 0 Å². The molecule has 9 rings (SSSR count). The van der Waals surface area contributed by atoms with E-state index in [0.717, 1.165) is 23.6 Å². The van der Waals surface area contributed by atoms with Gasteiger partial charge in [0.05, 0.1) is 17.1 Å². The number of ether oxygens (including phenoxy) is 1. The average Bonchev–Trinajstić information content (AvgIpc) is 3.77. The molecule has 59 heavy (non-hydrogen) atoms. The summed E-state index contributed by atoms with van der Waals surface area (Å²) in [5.74, 6) is 0.553. The van der Waals surface area contributed by atoms with Crippen molar-refractivity contribution in [3.8, 4) is 34.4 Å². The molecular weight excluding hydrogens is 824 g/mol. The molecule has 0 fully saturated rings. The Balaban J connectivity index is 0.000000221. The van der Waals surface area contributed by atoms with E-state index in [0.29, 0.717) is 5.69 Å². The summed E-state index contributed by atoms with van der Waals surface area (Å²) in [5, 5.41) is 15.4. The summed E-state index contributed by atoms with van der Waals surface area (Å²) in [6.45, 7) is 0. The zero-order valence-corrected chi connectivity index (χ0v) is 34.4. The van der Waals surface area contributed by atoms with Crippen molar-refractivity contribution in [2.75, 3.05) is 0 Å². The molecule has 10 heteroatoms. The fraction of sp³-hybridized carbons (Fsp3) is 0. The number of halogens is 2. The van der Waals surface area contributed by atoms with Crippen molar-refractivity contribution in [2.24, 2.45) is 0 Å². The first kappa shape index (κ1) is 41.0. The Kier molecular flexibility index (Phi) is 13.9. The van der Waals surface area contributed by atoms with Crippen LogP contribution in [0.4, 0.5) is 8.78 Å². The molecule has 0 N–H and O–H groups in total. The zero-order chi connectivity index (χ0) is 39.5. The molecular formula is C49H37CuF2N4OP2+2. The first-order valence-electron chi connectivity index (χ1n) is 18.7. The van der Waals surface area contributed by atoms with Gasteiger partial charge in [-0.1, -0.05) is 109 Å². The third-order valence-electron chi connectivity index (χ3n) is 9.31. The van der Waals surface area contributed by atoms with Gasteiger partial charge in [-0.3, -0.25) is 10.1 Å². The van der Waals surface area contributed by atoms with Crippen molar-refractivity contribution < 1.29 is 30.6 Å². The van der Waals surface area contributed by atoms with Crippen LogP contribution in [-0.4, -0.2) is 15.1 Å². The molecule has 0 spiro atoms. The fourth-order valence-corrected chi connectivity index (χ4v) is 12.0. The minimum absolute atomic E-state index is 0. The van der Waals surface area contributed by atoms with Gasteiger partial charge in [0.25, 0.3) is 0 Å². The van der Waals surface area contributed by atoms with E-state index in [1.165, 1.54) is 37.9 Å². The quantitative estimate of drug-likeness (QED) is 0.102. The Labute approximate surface area is 355 Å². The number of para-hydroxylation sites is 2. The molecule has 0 saturated heterocycles. The number of aromatic nitrogens is 4. The van der Waals surface area contributed by atoms with E-state index in [4.69, 9.17) is 4.74 Å². The summed E-state index contributed by atoms with van der Waals surface area (Å²) < 4.78 is 34.1. The third kappa shape index (κ3) is 9.78. The normalized spacial score (nSPS) is 10.7. The molecule has 0 amide bonds. The molecule has 0 bridgehead atoms. The SMILES string of the molecule is Fc1cccc(F)c1-c1n[n-]c(-c2ccccn2)n1.[Cu+].c1ccc([PH+](c2ccccc2)c2ccccc2Oc2ccccc2[PH+](c2ccccc2)c2ccccc2)cc1. The van der Waals surface area contributed by atoms with Crippen LogP contribution in [0.5, 0.6) is 11.5 Å². The topological polar surface area (TPSA) is 62.0 Å². The van der Waals surface area contributed by atoms with Crippen LogP contribution >= 0.6 is 15.8 Å². The summed E-state index contributed by atoms with van der Waals surface area (Å²) in [6.07, 6.45) is 1.58. The second-order valence-electron chi connectivity index (χ2n) is 13.1.